The Hall–Kier alpha value is -1.35. The molecule has 1 aromatic rings. The fraction of sp³-hybridized carbons (Fsp3) is 0.562. The Bertz CT molecular complexity index is 441. The Morgan fingerprint density at radius 1 is 1.21 bits per heavy atom. The minimum Gasteiger partial charge on any atom is -0.342 e. The van der Waals surface area contributed by atoms with Gasteiger partial charge in [0.1, 0.15) is 0 Å². The van der Waals surface area contributed by atoms with Crippen molar-refractivity contribution in [1.82, 2.24) is 4.90 Å². The Labute approximate surface area is 114 Å². The van der Waals surface area contributed by atoms with E-state index < -0.39 is 0 Å². The zero-order valence-electron chi connectivity index (χ0n) is 11.3. The lowest BCUT2D eigenvalue weighted by Gasteiger charge is -2.16. The Balaban J connectivity index is 1.69. The van der Waals surface area contributed by atoms with E-state index in [0.717, 1.165) is 19.5 Å². The van der Waals surface area contributed by atoms with Gasteiger partial charge >= 0.3 is 0 Å². The van der Waals surface area contributed by atoms with Crippen LogP contribution in [0.2, 0.25) is 0 Å². The highest BCUT2D eigenvalue weighted by molar-refractivity contribution is 5.77. The smallest absolute Gasteiger partial charge is 0.222 e. The topological polar surface area (TPSA) is 46.3 Å². The van der Waals surface area contributed by atoms with Gasteiger partial charge in [0.2, 0.25) is 5.91 Å². The van der Waals surface area contributed by atoms with Crippen LogP contribution in [0.25, 0.3) is 0 Å². The Morgan fingerprint density at radius 2 is 1.95 bits per heavy atom. The molecule has 1 heterocycles. The second-order valence-electron chi connectivity index (χ2n) is 5.96. The van der Waals surface area contributed by atoms with Crippen LogP contribution in [0.4, 0.5) is 0 Å². The number of amides is 1. The molecule has 1 aromatic carbocycles. The van der Waals surface area contributed by atoms with Gasteiger partial charge in [0.15, 0.2) is 0 Å². The quantitative estimate of drug-likeness (QED) is 0.897. The van der Waals surface area contributed by atoms with Crippen molar-refractivity contribution >= 4 is 5.91 Å². The zero-order valence-corrected chi connectivity index (χ0v) is 11.3. The number of nitrogens with two attached hydrogens (primary N) is 1. The lowest BCUT2D eigenvalue weighted by atomic mass is 9.89. The summed E-state index contributed by atoms with van der Waals surface area (Å²) in [5.41, 5.74) is 7.22. The molecule has 0 unspecified atom stereocenters. The van der Waals surface area contributed by atoms with Crippen LogP contribution in [0.3, 0.4) is 0 Å². The molecule has 2 fully saturated rings. The van der Waals surface area contributed by atoms with E-state index in [-0.39, 0.29) is 0 Å². The predicted molar refractivity (Wildman–Crippen MR) is 75.6 cm³/mol. The first-order valence-electron chi connectivity index (χ1n) is 7.30. The summed E-state index contributed by atoms with van der Waals surface area (Å²) in [7, 11) is 0. The molecular formula is C16H22N2O. The molecule has 1 aliphatic carbocycles. The summed E-state index contributed by atoms with van der Waals surface area (Å²) in [4.78, 5) is 14.3. The van der Waals surface area contributed by atoms with Crippen LogP contribution in [-0.4, -0.2) is 30.4 Å². The van der Waals surface area contributed by atoms with E-state index in [0.29, 0.717) is 30.2 Å². The maximum atomic E-state index is 12.2. The molecule has 3 rings (SSSR count). The maximum absolute atomic E-state index is 12.2. The molecule has 2 atom stereocenters. The molecule has 0 bridgehead atoms. The molecule has 0 radical (unpaired) electrons. The number of rotatable bonds is 4. The molecular weight excluding hydrogens is 236 g/mol. The number of hydrogen-bond donors (Lipinski definition) is 1. The molecule has 1 amide bonds. The number of carbonyl (C=O) groups excluding carboxylic acids is 1. The van der Waals surface area contributed by atoms with Gasteiger partial charge < -0.3 is 10.6 Å². The molecule has 2 aliphatic rings. The van der Waals surface area contributed by atoms with Crippen LogP contribution >= 0.6 is 0 Å². The third-order valence-corrected chi connectivity index (χ3v) is 4.48. The molecule has 2 N–H and O–H groups in total. The van der Waals surface area contributed by atoms with Crippen molar-refractivity contribution in [3.8, 4) is 0 Å². The molecule has 0 spiro atoms. The van der Waals surface area contributed by atoms with Gasteiger partial charge in [0, 0.05) is 25.4 Å². The fourth-order valence-electron chi connectivity index (χ4n) is 3.09. The number of benzene rings is 1. The molecule has 0 aromatic heterocycles. The van der Waals surface area contributed by atoms with E-state index in [9.17, 15) is 4.79 Å². The van der Waals surface area contributed by atoms with Gasteiger partial charge in [-0.3, -0.25) is 4.79 Å². The predicted octanol–water partition coefficient (Wildman–Crippen LogP) is 1.99. The maximum Gasteiger partial charge on any atom is 0.222 e. The normalized spacial score (nSPS) is 26.7. The molecule has 1 aliphatic heterocycles. The van der Waals surface area contributed by atoms with Crippen molar-refractivity contribution in [3.63, 3.8) is 0 Å². The van der Waals surface area contributed by atoms with E-state index >= 15 is 0 Å². The van der Waals surface area contributed by atoms with Crippen molar-refractivity contribution in [2.75, 3.05) is 19.6 Å². The van der Waals surface area contributed by atoms with Crippen molar-refractivity contribution in [1.29, 1.82) is 0 Å². The van der Waals surface area contributed by atoms with Gasteiger partial charge in [-0.2, -0.15) is 0 Å². The molecule has 102 valence electrons. The van der Waals surface area contributed by atoms with Crippen molar-refractivity contribution in [2.45, 2.75) is 25.2 Å². The summed E-state index contributed by atoms with van der Waals surface area (Å²) in [6.07, 6.45) is 3.23. The van der Waals surface area contributed by atoms with Gasteiger partial charge in [0.05, 0.1) is 0 Å². The van der Waals surface area contributed by atoms with Crippen molar-refractivity contribution < 1.29 is 4.79 Å². The average Bonchev–Trinajstić information content (AvgIpc) is 3.15. The minimum absolute atomic E-state index is 0.333. The summed E-state index contributed by atoms with van der Waals surface area (Å²) in [5, 5.41) is 0. The van der Waals surface area contributed by atoms with Crippen LogP contribution in [-0.2, 0) is 4.79 Å². The van der Waals surface area contributed by atoms with Gasteiger partial charge in [-0.25, -0.2) is 0 Å². The fourth-order valence-corrected chi connectivity index (χ4v) is 3.09. The summed E-state index contributed by atoms with van der Waals surface area (Å²) < 4.78 is 0. The van der Waals surface area contributed by atoms with E-state index in [1.54, 1.807) is 0 Å². The van der Waals surface area contributed by atoms with E-state index in [1.165, 1.54) is 18.4 Å². The number of hydrogen-bond acceptors (Lipinski definition) is 2. The van der Waals surface area contributed by atoms with Crippen LogP contribution in [0.1, 0.15) is 30.7 Å². The molecule has 1 saturated carbocycles. The van der Waals surface area contributed by atoms with Crippen LogP contribution in [0.5, 0.6) is 0 Å². The van der Waals surface area contributed by atoms with Crippen LogP contribution < -0.4 is 5.73 Å². The third-order valence-electron chi connectivity index (χ3n) is 4.48. The molecule has 3 nitrogen and oxygen atoms in total. The van der Waals surface area contributed by atoms with Crippen molar-refractivity contribution in [3.05, 3.63) is 35.9 Å². The summed E-state index contributed by atoms with van der Waals surface area (Å²) in [6.45, 7) is 2.34. The zero-order chi connectivity index (χ0) is 13.2. The first kappa shape index (κ1) is 12.7. The molecule has 19 heavy (non-hydrogen) atoms. The molecule has 3 heteroatoms. The first-order valence-corrected chi connectivity index (χ1v) is 7.30. The first-order chi connectivity index (χ1) is 9.28. The average molecular weight is 258 g/mol. The Morgan fingerprint density at radius 3 is 2.58 bits per heavy atom. The summed E-state index contributed by atoms with van der Waals surface area (Å²) >= 11 is 0. The SMILES string of the molecule is NC[C@@H]1CN(C(=O)CC2CC2)C[C@H]1c1ccccc1. The van der Waals surface area contributed by atoms with Gasteiger partial charge in [-0.1, -0.05) is 30.3 Å². The van der Waals surface area contributed by atoms with Crippen LogP contribution in [0.15, 0.2) is 30.3 Å². The van der Waals surface area contributed by atoms with Gasteiger partial charge in [-0.05, 0) is 36.8 Å². The summed E-state index contributed by atoms with van der Waals surface area (Å²) in [5.74, 6) is 1.82. The minimum atomic E-state index is 0.333. The number of likely N-dealkylation sites (tertiary alicyclic amines) is 1. The highest BCUT2D eigenvalue weighted by Gasteiger charge is 2.36. The third kappa shape index (κ3) is 2.81. The standard InChI is InChI=1S/C16H22N2O/c17-9-14-10-18(16(19)8-12-6-7-12)11-15(14)13-4-2-1-3-5-13/h1-5,12,14-15H,6-11,17H2/t14-,15+/m1/s1. The lowest BCUT2D eigenvalue weighted by molar-refractivity contribution is -0.130. The Kier molecular flexibility index (Phi) is 3.56. The van der Waals surface area contributed by atoms with E-state index in [2.05, 4.69) is 24.3 Å². The van der Waals surface area contributed by atoms with Gasteiger partial charge in [0.25, 0.3) is 0 Å². The molecule has 1 saturated heterocycles. The van der Waals surface area contributed by atoms with Gasteiger partial charge in [-0.15, -0.1) is 0 Å². The highest BCUT2D eigenvalue weighted by Crippen LogP contribution is 2.36. The second-order valence-corrected chi connectivity index (χ2v) is 5.96. The second kappa shape index (κ2) is 5.33. The van der Waals surface area contributed by atoms with Crippen LogP contribution in [0, 0.1) is 11.8 Å². The van der Waals surface area contributed by atoms with E-state index in [1.807, 2.05) is 11.0 Å². The van der Waals surface area contributed by atoms with Crippen molar-refractivity contribution in [2.24, 2.45) is 17.6 Å². The summed E-state index contributed by atoms with van der Waals surface area (Å²) in [6, 6.07) is 10.5. The monoisotopic (exact) mass is 258 g/mol. The lowest BCUT2D eigenvalue weighted by Crippen LogP contribution is -2.29. The highest BCUT2D eigenvalue weighted by atomic mass is 16.2. The largest absolute Gasteiger partial charge is 0.342 e. The van der Waals surface area contributed by atoms with E-state index in [4.69, 9.17) is 5.73 Å². The number of carbonyl (C=O) groups is 1. The number of nitrogens with zero attached hydrogens (tertiary/aromatic N) is 1.